The van der Waals surface area contributed by atoms with Gasteiger partial charge < -0.3 is 9.84 Å². The zero-order chi connectivity index (χ0) is 14.0. The minimum absolute atomic E-state index is 0.00294. The number of rotatable bonds is 3. The first-order chi connectivity index (χ1) is 8.97. The molecule has 5 heteroatoms. The number of pyridine rings is 1. The van der Waals surface area contributed by atoms with E-state index in [0.717, 1.165) is 5.56 Å². The Balaban J connectivity index is 2.45. The second kappa shape index (κ2) is 5.28. The van der Waals surface area contributed by atoms with Crippen LogP contribution in [0.5, 0.6) is 11.6 Å². The van der Waals surface area contributed by atoms with Crippen molar-refractivity contribution in [2.75, 3.05) is 0 Å². The normalized spacial score (nSPS) is 10.3. The fourth-order valence-corrected chi connectivity index (χ4v) is 1.72. The van der Waals surface area contributed by atoms with Crippen molar-refractivity contribution >= 4 is 17.6 Å². The maximum atomic E-state index is 11.1. The van der Waals surface area contributed by atoms with E-state index in [4.69, 9.17) is 21.4 Å². The molecule has 2 aromatic rings. The Morgan fingerprint density at radius 3 is 2.68 bits per heavy atom. The lowest BCUT2D eigenvalue weighted by atomic mass is 10.2. The molecule has 98 valence electrons. The van der Waals surface area contributed by atoms with Crippen LogP contribution in [-0.2, 0) is 0 Å². The molecule has 0 saturated heterocycles. The van der Waals surface area contributed by atoms with E-state index in [9.17, 15) is 4.79 Å². The van der Waals surface area contributed by atoms with Gasteiger partial charge in [0.15, 0.2) is 0 Å². The van der Waals surface area contributed by atoms with Gasteiger partial charge in [0.1, 0.15) is 11.3 Å². The molecule has 0 amide bonds. The number of hydrogen-bond acceptors (Lipinski definition) is 3. The van der Waals surface area contributed by atoms with Crippen molar-refractivity contribution < 1.29 is 14.6 Å². The quantitative estimate of drug-likeness (QED) is 0.926. The highest BCUT2D eigenvalue weighted by molar-refractivity contribution is 6.32. The summed E-state index contributed by atoms with van der Waals surface area (Å²) < 4.78 is 5.54. The lowest BCUT2D eigenvalue weighted by Crippen LogP contribution is -2.03. The number of ether oxygens (including phenoxy) is 1. The molecule has 0 saturated carbocycles. The van der Waals surface area contributed by atoms with Crippen LogP contribution in [0.1, 0.15) is 21.6 Å². The van der Waals surface area contributed by atoms with Crippen molar-refractivity contribution in [3.8, 4) is 11.6 Å². The second-order valence-corrected chi connectivity index (χ2v) is 4.55. The van der Waals surface area contributed by atoms with E-state index in [0.29, 0.717) is 16.5 Å². The lowest BCUT2D eigenvalue weighted by molar-refractivity contribution is 0.0693. The van der Waals surface area contributed by atoms with Crippen LogP contribution in [0, 0.1) is 13.8 Å². The van der Waals surface area contributed by atoms with Gasteiger partial charge in [-0.3, -0.25) is 0 Å². The molecule has 1 aromatic carbocycles. The van der Waals surface area contributed by atoms with Crippen LogP contribution in [0.3, 0.4) is 0 Å². The molecule has 1 aromatic heterocycles. The third-order valence-electron chi connectivity index (χ3n) is 2.52. The summed E-state index contributed by atoms with van der Waals surface area (Å²) in [6.07, 6.45) is 0. The molecule has 1 heterocycles. The molecule has 2 rings (SSSR count). The lowest BCUT2D eigenvalue weighted by Gasteiger charge is -2.10. The van der Waals surface area contributed by atoms with Gasteiger partial charge >= 0.3 is 5.97 Å². The van der Waals surface area contributed by atoms with Crippen molar-refractivity contribution in [3.63, 3.8) is 0 Å². The van der Waals surface area contributed by atoms with E-state index < -0.39 is 5.97 Å². The third-order valence-corrected chi connectivity index (χ3v) is 2.84. The molecule has 0 unspecified atom stereocenters. The Morgan fingerprint density at radius 1 is 1.26 bits per heavy atom. The van der Waals surface area contributed by atoms with E-state index in [2.05, 4.69) is 4.98 Å². The topological polar surface area (TPSA) is 59.4 Å². The Bertz CT molecular complexity index is 641. The van der Waals surface area contributed by atoms with Crippen molar-refractivity contribution in [1.82, 2.24) is 4.98 Å². The van der Waals surface area contributed by atoms with Gasteiger partial charge in [-0.15, -0.1) is 0 Å². The summed E-state index contributed by atoms with van der Waals surface area (Å²) in [4.78, 5) is 15.2. The standard InChI is InChI=1S/C14H12ClNO3/c1-8-3-6-11(15)12(7-8)19-13-10(14(17)18)5-4-9(2)16-13/h3-7H,1-2H3,(H,17,18). The van der Waals surface area contributed by atoms with Crippen molar-refractivity contribution in [1.29, 1.82) is 0 Å². The first-order valence-corrected chi connectivity index (χ1v) is 6.00. The Labute approximate surface area is 115 Å². The van der Waals surface area contributed by atoms with Crippen molar-refractivity contribution in [2.45, 2.75) is 13.8 Å². The molecule has 0 atom stereocenters. The third kappa shape index (κ3) is 3.03. The SMILES string of the molecule is Cc1ccc(Cl)c(Oc2nc(C)ccc2C(=O)O)c1. The molecule has 0 radical (unpaired) electrons. The number of carboxylic acid groups (broad SMARTS) is 1. The molecule has 4 nitrogen and oxygen atoms in total. The van der Waals surface area contributed by atoms with Crippen LogP contribution in [0.15, 0.2) is 30.3 Å². The zero-order valence-electron chi connectivity index (χ0n) is 10.5. The van der Waals surface area contributed by atoms with Gasteiger partial charge in [-0.25, -0.2) is 9.78 Å². The molecule has 19 heavy (non-hydrogen) atoms. The molecule has 0 aliphatic rings. The van der Waals surface area contributed by atoms with Crippen molar-refractivity contribution in [3.05, 3.63) is 52.2 Å². The number of benzene rings is 1. The number of aromatic carboxylic acids is 1. The van der Waals surface area contributed by atoms with Crippen LogP contribution in [0.2, 0.25) is 5.02 Å². The van der Waals surface area contributed by atoms with Gasteiger partial charge in [-0.05, 0) is 43.7 Å². The molecule has 0 aliphatic carbocycles. The van der Waals surface area contributed by atoms with Gasteiger partial charge in [0.05, 0.1) is 5.02 Å². The molecular formula is C14H12ClNO3. The zero-order valence-corrected chi connectivity index (χ0v) is 11.2. The van der Waals surface area contributed by atoms with Crippen molar-refractivity contribution in [2.24, 2.45) is 0 Å². The maximum Gasteiger partial charge on any atom is 0.341 e. The van der Waals surface area contributed by atoms with Crippen LogP contribution in [-0.4, -0.2) is 16.1 Å². The summed E-state index contributed by atoms with van der Waals surface area (Å²) in [5.74, 6) is -0.659. The fraction of sp³-hybridized carbons (Fsp3) is 0.143. The van der Waals surface area contributed by atoms with E-state index in [1.165, 1.54) is 6.07 Å². The Kier molecular flexibility index (Phi) is 3.71. The van der Waals surface area contributed by atoms with E-state index >= 15 is 0 Å². The van der Waals surface area contributed by atoms with Gasteiger partial charge in [-0.2, -0.15) is 0 Å². The molecule has 0 spiro atoms. The number of aryl methyl sites for hydroxylation is 2. The summed E-state index contributed by atoms with van der Waals surface area (Å²) in [6, 6.07) is 8.36. The second-order valence-electron chi connectivity index (χ2n) is 4.15. The Hall–Kier alpha value is -2.07. The summed E-state index contributed by atoms with van der Waals surface area (Å²) in [6.45, 7) is 3.65. The number of carboxylic acids is 1. The smallest absolute Gasteiger partial charge is 0.341 e. The van der Waals surface area contributed by atoms with Gasteiger partial charge in [0.25, 0.3) is 0 Å². The van der Waals surface area contributed by atoms with Gasteiger partial charge in [0, 0.05) is 5.69 Å². The van der Waals surface area contributed by atoms with Crippen LogP contribution < -0.4 is 4.74 Å². The minimum Gasteiger partial charge on any atom is -0.477 e. The van der Waals surface area contributed by atoms with Crippen LogP contribution in [0.4, 0.5) is 0 Å². The predicted molar refractivity (Wildman–Crippen MR) is 72.2 cm³/mol. The highest BCUT2D eigenvalue weighted by atomic mass is 35.5. The highest BCUT2D eigenvalue weighted by Crippen LogP contribution is 2.31. The monoisotopic (exact) mass is 277 g/mol. The fourth-order valence-electron chi connectivity index (χ4n) is 1.57. The van der Waals surface area contributed by atoms with E-state index in [1.54, 1.807) is 25.1 Å². The number of carbonyl (C=O) groups is 1. The average Bonchev–Trinajstić information content (AvgIpc) is 2.33. The minimum atomic E-state index is -1.09. The molecule has 1 N–H and O–H groups in total. The number of aromatic nitrogens is 1. The first kappa shape index (κ1) is 13.4. The van der Waals surface area contributed by atoms with Gasteiger partial charge in [0.2, 0.25) is 5.88 Å². The maximum absolute atomic E-state index is 11.1. The highest BCUT2D eigenvalue weighted by Gasteiger charge is 2.15. The van der Waals surface area contributed by atoms with Gasteiger partial charge in [-0.1, -0.05) is 17.7 Å². The summed E-state index contributed by atoms with van der Waals surface area (Å²) in [7, 11) is 0. The summed E-state index contributed by atoms with van der Waals surface area (Å²) >= 11 is 6.02. The average molecular weight is 278 g/mol. The van der Waals surface area contributed by atoms with E-state index in [1.807, 2.05) is 13.0 Å². The molecule has 0 aliphatic heterocycles. The molecule has 0 fully saturated rings. The molecular weight excluding hydrogens is 266 g/mol. The number of halogens is 1. The number of nitrogens with zero attached hydrogens (tertiary/aromatic N) is 1. The summed E-state index contributed by atoms with van der Waals surface area (Å²) in [5.41, 5.74) is 1.64. The van der Waals surface area contributed by atoms with E-state index in [-0.39, 0.29) is 11.4 Å². The number of hydrogen-bond donors (Lipinski definition) is 1. The Morgan fingerprint density at radius 2 is 2.00 bits per heavy atom. The van der Waals surface area contributed by atoms with Crippen LogP contribution >= 0.6 is 11.6 Å². The summed E-state index contributed by atoms with van der Waals surface area (Å²) in [5, 5.41) is 9.51. The first-order valence-electron chi connectivity index (χ1n) is 5.62. The predicted octanol–water partition coefficient (Wildman–Crippen LogP) is 3.84. The largest absolute Gasteiger partial charge is 0.477 e. The molecule has 0 bridgehead atoms. The van der Waals surface area contributed by atoms with Crippen LogP contribution in [0.25, 0.3) is 0 Å².